The van der Waals surface area contributed by atoms with Crippen LogP contribution in [0, 0.1) is 0 Å². The fraction of sp³-hybridized carbons (Fsp3) is 0.500. The first-order chi connectivity index (χ1) is 7.25. The fourth-order valence-electron chi connectivity index (χ4n) is 2.03. The van der Waals surface area contributed by atoms with Crippen molar-refractivity contribution >= 4 is 11.6 Å². The molecule has 0 radical (unpaired) electrons. The van der Waals surface area contributed by atoms with Crippen LogP contribution in [0.1, 0.15) is 24.8 Å². The molecule has 0 aliphatic heterocycles. The molecule has 0 saturated heterocycles. The van der Waals surface area contributed by atoms with E-state index in [1.54, 1.807) is 0 Å². The van der Waals surface area contributed by atoms with Gasteiger partial charge in [-0.25, -0.2) is 0 Å². The van der Waals surface area contributed by atoms with Gasteiger partial charge < -0.3 is 10.4 Å². The molecule has 1 saturated carbocycles. The molecule has 0 amide bonds. The van der Waals surface area contributed by atoms with Gasteiger partial charge in [0, 0.05) is 17.6 Å². The van der Waals surface area contributed by atoms with Crippen LogP contribution in [-0.4, -0.2) is 17.3 Å². The van der Waals surface area contributed by atoms with Crippen LogP contribution in [0.25, 0.3) is 0 Å². The SMILES string of the molecule is O[C@@H]1CCC[C@H]1NCc1ccc(Cl)cc1. The van der Waals surface area contributed by atoms with Crippen LogP contribution in [0.3, 0.4) is 0 Å². The first-order valence-corrected chi connectivity index (χ1v) is 5.79. The first kappa shape index (κ1) is 10.9. The Hall–Kier alpha value is -0.570. The van der Waals surface area contributed by atoms with Gasteiger partial charge in [-0.05, 0) is 37.0 Å². The number of hydrogen-bond acceptors (Lipinski definition) is 2. The zero-order valence-corrected chi connectivity index (χ0v) is 9.37. The van der Waals surface area contributed by atoms with Crippen molar-refractivity contribution in [2.24, 2.45) is 0 Å². The molecule has 1 aliphatic carbocycles. The summed E-state index contributed by atoms with van der Waals surface area (Å²) in [5.74, 6) is 0. The van der Waals surface area contributed by atoms with Gasteiger partial charge in [0.05, 0.1) is 6.10 Å². The Labute approximate surface area is 95.3 Å². The fourth-order valence-corrected chi connectivity index (χ4v) is 2.16. The summed E-state index contributed by atoms with van der Waals surface area (Å²) in [7, 11) is 0. The van der Waals surface area contributed by atoms with Crippen molar-refractivity contribution < 1.29 is 5.11 Å². The predicted molar refractivity (Wildman–Crippen MR) is 61.9 cm³/mol. The van der Waals surface area contributed by atoms with Crippen molar-refractivity contribution in [1.82, 2.24) is 5.32 Å². The summed E-state index contributed by atoms with van der Waals surface area (Å²) < 4.78 is 0. The molecule has 82 valence electrons. The second-order valence-electron chi connectivity index (χ2n) is 4.11. The normalized spacial score (nSPS) is 25.7. The lowest BCUT2D eigenvalue weighted by Gasteiger charge is -2.16. The molecule has 0 unspecified atom stereocenters. The van der Waals surface area contributed by atoms with Crippen molar-refractivity contribution in [2.45, 2.75) is 38.0 Å². The van der Waals surface area contributed by atoms with Gasteiger partial charge in [0.1, 0.15) is 0 Å². The van der Waals surface area contributed by atoms with Crippen molar-refractivity contribution in [3.63, 3.8) is 0 Å². The monoisotopic (exact) mass is 225 g/mol. The molecule has 1 aliphatic rings. The van der Waals surface area contributed by atoms with Crippen LogP contribution in [0.2, 0.25) is 5.02 Å². The van der Waals surface area contributed by atoms with E-state index in [0.717, 1.165) is 30.8 Å². The van der Waals surface area contributed by atoms with Crippen molar-refractivity contribution in [3.05, 3.63) is 34.9 Å². The molecule has 2 nitrogen and oxygen atoms in total. The second-order valence-corrected chi connectivity index (χ2v) is 4.55. The first-order valence-electron chi connectivity index (χ1n) is 5.41. The maximum atomic E-state index is 9.63. The average molecular weight is 226 g/mol. The summed E-state index contributed by atoms with van der Waals surface area (Å²) in [6.45, 7) is 0.804. The summed E-state index contributed by atoms with van der Waals surface area (Å²) >= 11 is 5.80. The van der Waals surface area contributed by atoms with E-state index in [4.69, 9.17) is 11.6 Å². The van der Waals surface area contributed by atoms with Crippen molar-refractivity contribution in [2.75, 3.05) is 0 Å². The molecular formula is C12H16ClNO. The van der Waals surface area contributed by atoms with Gasteiger partial charge >= 0.3 is 0 Å². The minimum atomic E-state index is -0.169. The Morgan fingerprint density at radius 3 is 2.60 bits per heavy atom. The minimum Gasteiger partial charge on any atom is -0.392 e. The van der Waals surface area contributed by atoms with Crippen LogP contribution in [0.4, 0.5) is 0 Å². The quantitative estimate of drug-likeness (QED) is 0.828. The molecule has 1 aromatic carbocycles. The van der Waals surface area contributed by atoms with E-state index in [-0.39, 0.29) is 12.1 Å². The lowest BCUT2D eigenvalue weighted by molar-refractivity contribution is 0.148. The topological polar surface area (TPSA) is 32.3 Å². The highest BCUT2D eigenvalue weighted by atomic mass is 35.5. The highest BCUT2D eigenvalue weighted by molar-refractivity contribution is 6.30. The summed E-state index contributed by atoms with van der Waals surface area (Å²) in [6.07, 6.45) is 2.96. The van der Waals surface area contributed by atoms with Gasteiger partial charge in [-0.1, -0.05) is 23.7 Å². The smallest absolute Gasteiger partial charge is 0.0693 e. The maximum Gasteiger partial charge on any atom is 0.0693 e. The van der Waals surface area contributed by atoms with Gasteiger partial charge in [0.15, 0.2) is 0 Å². The summed E-state index contributed by atoms with van der Waals surface area (Å²) in [5, 5.41) is 13.8. The molecule has 0 bridgehead atoms. The number of aliphatic hydroxyl groups excluding tert-OH is 1. The second kappa shape index (κ2) is 4.97. The van der Waals surface area contributed by atoms with E-state index in [2.05, 4.69) is 5.32 Å². The Morgan fingerprint density at radius 1 is 1.27 bits per heavy atom. The van der Waals surface area contributed by atoms with Crippen LogP contribution in [-0.2, 0) is 6.54 Å². The van der Waals surface area contributed by atoms with Crippen LogP contribution in [0.5, 0.6) is 0 Å². The molecule has 1 fully saturated rings. The molecule has 0 heterocycles. The third-order valence-electron chi connectivity index (χ3n) is 2.96. The van der Waals surface area contributed by atoms with E-state index in [0.29, 0.717) is 0 Å². The third-order valence-corrected chi connectivity index (χ3v) is 3.21. The van der Waals surface area contributed by atoms with Crippen molar-refractivity contribution in [3.8, 4) is 0 Å². The molecule has 2 rings (SSSR count). The zero-order chi connectivity index (χ0) is 10.7. The van der Waals surface area contributed by atoms with Crippen LogP contribution in [0.15, 0.2) is 24.3 Å². The number of nitrogens with one attached hydrogen (secondary N) is 1. The molecule has 2 atom stereocenters. The summed E-state index contributed by atoms with van der Waals surface area (Å²) in [6, 6.07) is 8.07. The Balaban J connectivity index is 1.85. The van der Waals surface area contributed by atoms with Gasteiger partial charge in [-0.15, -0.1) is 0 Å². The highest BCUT2D eigenvalue weighted by Crippen LogP contribution is 2.19. The van der Waals surface area contributed by atoms with Gasteiger partial charge in [0.2, 0.25) is 0 Å². The standard InChI is InChI=1S/C12H16ClNO/c13-10-6-4-9(5-7-10)8-14-11-2-1-3-12(11)15/h4-7,11-12,14-15H,1-3,8H2/t11-,12-/m1/s1. The number of benzene rings is 1. The number of rotatable bonds is 3. The molecule has 2 N–H and O–H groups in total. The maximum absolute atomic E-state index is 9.63. The number of hydrogen-bond donors (Lipinski definition) is 2. The molecule has 15 heavy (non-hydrogen) atoms. The van der Waals surface area contributed by atoms with Gasteiger partial charge in [-0.3, -0.25) is 0 Å². The molecule has 1 aromatic rings. The summed E-state index contributed by atoms with van der Waals surface area (Å²) in [5.41, 5.74) is 1.21. The third kappa shape index (κ3) is 2.94. The van der Waals surface area contributed by atoms with E-state index in [1.807, 2.05) is 24.3 Å². The van der Waals surface area contributed by atoms with Crippen LogP contribution < -0.4 is 5.32 Å². The number of halogens is 1. The minimum absolute atomic E-state index is 0.169. The molecule has 0 aromatic heterocycles. The molecule has 3 heteroatoms. The predicted octanol–water partition coefficient (Wildman–Crippen LogP) is 2.34. The lowest BCUT2D eigenvalue weighted by Crippen LogP contribution is -2.34. The van der Waals surface area contributed by atoms with E-state index >= 15 is 0 Å². The molecular weight excluding hydrogens is 210 g/mol. The van der Waals surface area contributed by atoms with Gasteiger partial charge in [-0.2, -0.15) is 0 Å². The molecule has 0 spiro atoms. The largest absolute Gasteiger partial charge is 0.392 e. The summed E-state index contributed by atoms with van der Waals surface area (Å²) in [4.78, 5) is 0. The van der Waals surface area contributed by atoms with E-state index in [1.165, 1.54) is 5.56 Å². The van der Waals surface area contributed by atoms with Crippen LogP contribution >= 0.6 is 11.6 Å². The van der Waals surface area contributed by atoms with E-state index in [9.17, 15) is 5.11 Å². The zero-order valence-electron chi connectivity index (χ0n) is 8.62. The Bertz CT molecular complexity index is 312. The highest BCUT2D eigenvalue weighted by Gasteiger charge is 2.24. The Morgan fingerprint density at radius 2 is 2.00 bits per heavy atom. The number of aliphatic hydroxyl groups is 1. The average Bonchev–Trinajstić information content (AvgIpc) is 2.63. The van der Waals surface area contributed by atoms with Gasteiger partial charge in [0.25, 0.3) is 0 Å². The Kier molecular flexibility index (Phi) is 3.62. The van der Waals surface area contributed by atoms with E-state index < -0.39 is 0 Å². The van der Waals surface area contributed by atoms with Crippen molar-refractivity contribution in [1.29, 1.82) is 0 Å². The lowest BCUT2D eigenvalue weighted by atomic mass is 10.2.